The van der Waals surface area contributed by atoms with Crippen LogP contribution in [0.25, 0.3) is 0 Å². The number of nitrogens with zero attached hydrogens (tertiary/aromatic N) is 2. The fourth-order valence-electron chi connectivity index (χ4n) is 3.07. The molecule has 22 heavy (non-hydrogen) atoms. The van der Waals surface area contributed by atoms with Gasteiger partial charge in [-0.25, -0.2) is 0 Å². The van der Waals surface area contributed by atoms with Gasteiger partial charge in [0.1, 0.15) is 0 Å². The summed E-state index contributed by atoms with van der Waals surface area (Å²) < 4.78 is 0. The van der Waals surface area contributed by atoms with Crippen molar-refractivity contribution in [2.45, 2.75) is 46.0 Å². The van der Waals surface area contributed by atoms with Crippen LogP contribution >= 0.6 is 0 Å². The fourth-order valence-corrected chi connectivity index (χ4v) is 3.07. The number of hydrogen-bond acceptors (Lipinski definition) is 2. The second-order valence-corrected chi connectivity index (χ2v) is 6.29. The van der Waals surface area contributed by atoms with E-state index in [1.54, 1.807) is 0 Å². The predicted molar refractivity (Wildman–Crippen MR) is 92.3 cm³/mol. The van der Waals surface area contributed by atoms with Crippen molar-refractivity contribution in [2.24, 2.45) is 0 Å². The Hall–Kier alpha value is -1.35. The monoisotopic (exact) mass is 302 g/mol. The first-order chi connectivity index (χ1) is 10.7. The molecule has 1 fully saturated rings. The molecule has 0 unspecified atom stereocenters. The number of carbonyl (C=O) groups excluding carboxylic acids is 1. The first kappa shape index (κ1) is 17.0. The van der Waals surface area contributed by atoms with Crippen molar-refractivity contribution in [3.63, 3.8) is 0 Å². The van der Waals surface area contributed by atoms with Gasteiger partial charge in [0.05, 0.1) is 0 Å². The molecule has 3 heteroatoms. The van der Waals surface area contributed by atoms with E-state index in [1.165, 1.54) is 31.2 Å². The van der Waals surface area contributed by atoms with Gasteiger partial charge in [0.25, 0.3) is 5.91 Å². The molecular weight excluding hydrogens is 272 g/mol. The number of benzene rings is 1. The Labute approximate surface area is 135 Å². The van der Waals surface area contributed by atoms with Crippen molar-refractivity contribution in [3.8, 4) is 0 Å². The number of unbranched alkanes of at least 4 members (excludes halogenated alkanes) is 2. The van der Waals surface area contributed by atoms with E-state index in [4.69, 9.17) is 0 Å². The van der Waals surface area contributed by atoms with E-state index in [-0.39, 0.29) is 5.91 Å². The summed E-state index contributed by atoms with van der Waals surface area (Å²) in [5.74, 6) is 0.191. The highest BCUT2D eigenvalue weighted by Crippen LogP contribution is 2.12. The van der Waals surface area contributed by atoms with Gasteiger partial charge in [-0.3, -0.25) is 9.69 Å². The largest absolute Gasteiger partial charge is 0.336 e. The van der Waals surface area contributed by atoms with Crippen molar-refractivity contribution >= 4 is 5.91 Å². The summed E-state index contributed by atoms with van der Waals surface area (Å²) in [6, 6.07) is 8.25. The van der Waals surface area contributed by atoms with E-state index in [0.717, 1.165) is 44.7 Å². The van der Waals surface area contributed by atoms with Crippen LogP contribution < -0.4 is 0 Å². The minimum atomic E-state index is 0.191. The first-order valence-electron chi connectivity index (χ1n) is 8.85. The Bertz CT molecular complexity index is 447. The number of aryl methyl sites for hydroxylation is 1. The molecule has 0 aromatic heterocycles. The average Bonchev–Trinajstić information content (AvgIpc) is 2.56. The standard InChI is InChI=1S/C19H30N2O/c1-3-5-6-7-17-8-10-18(11-9-17)19(22)21-15-13-20(12-4-2)14-16-21/h8-11H,3-7,12-16H2,1-2H3. The van der Waals surface area contributed by atoms with Crippen molar-refractivity contribution in [3.05, 3.63) is 35.4 Å². The predicted octanol–water partition coefficient (Wildman–Crippen LogP) is 3.59. The van der Waals surface area contributed by atoms with Crippen LogP contribution in [0.4, 0.5) is 0 Å². The quantitative estimate of drug-likeness (QED) is 0.719. The second-order valence-electron chi connectivity index (χ2n) is 6.29. The molecule has 0 radical (unpaired) electrons. The highest BCUT2D eigenvalue weighted by molar-refractivity contribution is 5.94. The molecule has 2 rings (SSSR count). The van der Waals surface area contributed by atoms with Gasteiger partial charge in [-0.1, -0.05) is 38.8 Å². The molecule has 1 aromatic carbocycles. The van der Waals surface area contributed by atoms with E-state index < -0.39 is 0 Å². The van der Waals surface area contributed by atoms with Crippen LogP contribution in [0.5, 0.6) is 0 Å². The van der Waals surface area contributed by atoms with Crippen molar-refractivity contribution in [1.29, 1.82) is 0 Å². The Morgan fingerprint density at radius 2 is 1.64 bits per heavy atom. The van der Waals surface area contributed by atoms with Gasteiger partial charge in [0.15, 0.2) is 0 Å². The van der Waals surface area contributed by atoms with Crippen LogP contribution in [0.3, 0.4) is 0 Å². The number of amides is 1. The molecule has 0 N–H and O–H groups in total. The zero-order valence-electron chi connectivity index (χ0n) is 14.2. The molecule has 0 saturated carbocycles. The van der Waals surface area contributed by atoms with Gasteiger partial charge < -0.3 is 4.90 Å². The third-order valence-electron chi connectivity index (χ3n) is 4.47. The molecule has 0 atom stereocenters. The van der Waals surface area contributed by atoms with Crippen molar-refractivity contribution in [1.82, 2.24) is 9.80 Å². The summed E-state index contributed by atoms with van der Waals surface area (Å²) in [5.41, 5.74) is 2.18. The molecule has 0 aliphatic carbocycles. The number of hydrogen-bond donors (Lipinski definition) is 0. The maximum Gasteiger partial charge on any atom is 0.253 e. The van der Waals surface area contributed by atoms with Gasteiger partial charge >= 0.3 is 0 Å². The Morgan fingerprint density at radius 3 is 2.23 bits per heavy atom. The molecule has 1 amide bonds. The van der Waals surface area contributed by atoms with Crippen LogP contribution in [0, 0.1) is 0 Å². The average molecular weight is 302 g/mol. The molecule has 1 aromatic rings. The summed E-state index contributed by atoms with van der Waals surface area (Å²) in [7, 11) is 0. The molecule has 1 aliphatic rings. The summed E-state index contributed by atoms with van der Waals surface area (Å²) in [6.45, 7) is 9.31. The smallest absolute Gasteiger partial charge is 0.253 e. The lowest BCUT2D eigenvalue weighted by molar-refractivity contribution is 0.0637. The fraction of sp³-hybridized carbons (Fsp3) is 0.632. The van der Waals surface area contributed by atoms with E-state index >= 15 is 0 Å². The molecule has 1 heterocycles. The highest BCUT2D eigenvalue weighted by atomic mass is 16.2. The SMILES string of the molecule is CCCCCc1ccc(C(=O)N2CCN(CCC)CC2)cc1. The Balaban J connectivity index is 1.85. The van der Waals surface area contributed by atoms with Gasteiger partial charge in [-0.2, -0.15) is 0 Å². The lowest BCUT2D eigenvalue weighted by atomic mass is 10.0. The van der Waals surface area contributed by atoms with Crippen LogP contribution in [0.15, 0.2) is 24.3 Å². The number of piperazine rings is 1. The van der Waals surface area contributed by atoms with E-state index in [1.807, 2.05) is 17.0 Å². The summed E-state index contributed by atoms with van der Waals surface area (Å²) >= 11 is 0. The Morgan fingerprint density at radius 1 is 0.955 bits per heavy atom. The molecule has 3 nitrogen and oxygen atoms in total. The lowest BCUT2D eigenvalue weighted by Crippen LogP contribution is -2.48. The van der Waals surface area contributed by atoms with Crippen LogP contribution in [0.2, 0.25) is 0 Å². The molecule has 1 aliphatic heterocycles. The molecular formula is C19H30N2O. The van der Waals surface area contributed by atoms with E-state index in [9.17, 15) is 4.79 Å². The summed E-state index contributed by atoms with van der Waals surface area (Å²) in [4.78, 5) is 17.0. The molecule has 0 bridgehead atoms. The zero-order valence-corrected chi connectivity index (χ0v) is 14.2. The van der Waals surface area contributed by atoms with Crippen LogP contribution in [0.1, 0.15) is 55.5 Å². The Kier molecular flexibility index (Phi) is 6.91. The van der Waals surface area contributed by atoms with Gasteiger partial charge in [0, 0.05) is 31.7 Å². The van der Waals surface area contributed by atoms with E-state index in [0.29, 0.717) is 0 Å². The second kappa shape index (κ2) is 8.94. The third-order valence-corrected chi connectivity index (χ3v) is 4.47. The highest BCUT2D eigenvalue weighted by Gasteiger charge is 2.21. The van der Waals surface area contributed by atoms with Gasteiger partial charge in [0.2, 0.25) is 0 Å². The topological polar surface area (TPSA) is 23.6 Å². The van der Waals surface area contributed by atoms with E-state index in [2.05, 4.69) is 30.9 Å². The van der Waals surface area contributed by atoms with Crippen molar-refractivity contribution < 1.29 is 4.79 Å². The summed E-state index contributed by atoms with van der Waals surface area (Å²) in [5, 5.41) is 0. The normalized spacial score (nSPS) is 16.0. The third kappa shape index (κ3) is 4.84. The summed E-state index contributed by atoms with van der Waals surface area (Å²) in [6.07, 6.45) is 6.08. The first-order valence-corrected chi connectivity index (χ1v) is 8.85. The minimum Gasteiger partial charge on any atom is -0.336 e. The number of rotatable bonds is 7. The van der Waals surface area contributed by atoms with Crippen molar-refractivity contribution in [2.75, 3.05) is 32.7 Å². The minimum absolute atomic E-state index is 0.191. The lowest BCUT2D eigenvalue weighted by Gasteiger charge is -2.34. The number of carbonyl (C=O) groups is 1. The van der Waals surface area contributed by atoms with Gasteiger partial charge in [-0.15, -0.1) is 0 Å². The van der Waals surface area contributed by atoms with Gasteiger partial charge in [-0.05, 0) is 43.5 Å². The molecule has 1 saturated heterocycles. The zero-order chi connectivity index (χ0) is 15.8. The molecule has 122 valence electrons. The molecule has 0 spiro atoms. The van der Waals surface area contributed by atoms with Crippen LogP contribution in [-0.2, 0) is 6.42 Å². The maximum absolute atomic E-state index is 12.5. The maximum atomic E-state index is 12.5. The van der Waals surface area contributed by atoms with Crippen LogP contribution in [-0.4, -0.2) is 48.4 Å².